The van der Waals surface area contributed by atoms with Gasteiger partial charge in [-0.3, -0.25) is 24.4 Å². The van der Waals surface area contributed by atoms with Crippen LogP contribution in [0.2, 0.25) is 0 Å². The van der Waals surface area contributed by atoms with Gasteiger partial charge in [-0.25, -0.2) is 0 Å². The second kappa shape index (κ2) is 11.9. The van der Waals surface area contributed by atoms with Crippen molar-refractivity contribution in [2.24, 2.45) is 5.92 Å². The number of aryl methyl sites for hydroxylation is 1. The van der Waals surface area contributed by atoms with Gasteiger partial charge in [0.2, 0.25) is 11.8 Å². The molecule has 1 N–H and O–H groups in total. The molecule has 3 heterocycles. The van der Waals surface area contributed by atoms with Crippen LogP contribution in [-0.2, 0) is 25.5 Å². The third-order valence-electron chi connectivity index (χ3n) is 5.67. The largest absolute Gasteiger partial charge is 0.465 e. The summed E-state index contributed by atoms with van der Waals surface area (Å²) in [5.74, 6) is -1.39. The minimum Gasteiger partial charge on any atom is -0.465 e. The number of nitrogens with one attached hydrogen (secondary N) is 1. The quantitative estimate of drug-likeness (QED) is 0.570. The number of carbonyl (C=O) groups is 3. The third-order valence-corrected chi connectivity index (χ3v) is 5.67. The van der Waals surface area contributed by atoms with E-state index in [2.05, 4.69) is 15.3 Å². The molecule has 0 aromatic carbocycles. The molecule has 2 amide bonds. The summed E-state index contributed by atoms with van der Waals surface area (Å²) in [6.07, 6.45) is 10.0. The minimum absolute atomic E-state index is 0.00677. The number of hydrogen-bond acceptors (Lipinski definition) is 6. The van der Waals surface area contributed by atoms with E-state index >= 15 is 0 Å². The van der Waals surface area contributed by atoms with Gasteiger partial charge in [0.1, 0.15) is 5.92 Å². The van der Waals surface area contributed by atoms with Gasteiger partial charge in [-0.2, -0.15) is 0 Å². The molecule has 0 aliphatic carbocycles. The second-order valence-electron chi connectivity index (χ2n) is 7.89. The van der Waals surface area contributed by atoms with E-state index in [1.807, 2.05) is 12.1 Å². The third kappa shape index (κ3) is 6.60. The van der Waals surface area contributed by atoms with Crippen molar-refractivity contribution in [3.63, 3.8) is 0 Å². The summed E-state index contributed by atoms with van der Waals surface area (Å²) in [5, 5.41) is 2.79. The fraction of sp³-hybridized carbons (Fsp3) is 0.458. The Morgan fingerprint density at radius 2 is 2.03 bits per heavy atom. The van der Waals surface area contributed by atoms with Gasteiger partial charge < -0.3 is 15.0 Å². The van der Waals surface area contributed by atoms with Crippen molar-refractivity contribution in [3.8, 4) is 0 Å². The number of pyridine rings is 2. The van der Waals surface area contributed by atoms with E-state index in [-0.39, 0.29) is 37.4 Å². The molecule has 3 rings (SSSR count). The molecule has 2 aromatic heterocycles. The molecular weight excluding hydrogens is 408 g/mol. The zero-order chi connectivity index (χ0) is 22.8. The first-order valence-electron chi connectivity index (χ1n) is 11.1. The van der Waals surface area contributed by atoms with Crippen LogP contribution in [0.4, 0.5) is 0 Å². The summed E-state index contributed by atoms with van der Waals surface area (Å²) >= 11 is 0. The number of amides is 2. The number of aromatic nitrogens is 2. The van der Waals surface area contributed by atoms with Crippen LogP contribution in [0, 0.1) is 5.92 Å². The molecule has 1 aliphatic rings. The van der Waals surface area contributed by atoms with Crippen molar-refractivity contribution in [1.29, 1.82) is 0 Å². The lowest BCUT2D eigenvalue weighted by molar-refractivity contribution is -0.145. The zero-order valence-corrected chi connectivity index (χ0v) is 18.4. The first kappa shape index (κ1) is 23.4. The average Bonchev–Trinajstić information content (AvgIpc) is 2.81. The number of piperidine rings is 1. The molecule has 1 aliphatic heterocycles. The van der Waals surface area contributed by atoms with Crippen LogP contribution in [-0.4, -0.2) is 58.9 Å². The molecule has 0 bridgehead atoms. The summed E-state index contributed by atoms with van der Waals surface area (Å²) in [5.41, 5.74) is 1.83. The van der Waals surface area contributed by atoms with Gasteiger partial charge in [0, 0.05) is 43.8 Å². The van der Waals surface area contributed by atoms with Gasteiger partial charge in [0.15, 0.2) is 0 Å². The molecular formula is C24H30N4O4. The van der Waals surface area contributed by atoms with Crippen LogP contribution in [0.25, 0.3) is 0 Å². The first-order valence-corrected chi connectivity index (χ1v) is 11.1. The number of esters is 1. The average molecular weight is 439 g/mol. The number of carbonyl (C=O) groups excluding carboxylic acids is 3. The number of hydrogen-bond donors (Lipinski definition) is 1. The van der Waals surface area contributed by atoms with E-state index in [1.54, 1.807) is 48.7 Å². The zero-order valence-electron chi connectivity index (χ0n) is 18.4. The summed E-state index contributed by atoms with van der Waals surface area (Å²) in [4.78, 5) is 47.5. The summed E-state index contributed by atoms with van der Waals surface area (Å²) < 4.78 is 5.15. The summed E-state index contributed by atoms with van der Waals surface area (Å²) in [6.45, 7) is 2.66. The molecule has 0 saturated carbocycles. The Hall–Kier alpha value is -3.29. The fourth-order valence-corrected chi connectivity index (χ4v) is 3.94. The molecule has 0 radical (unpaired) electrons. The Morgan fingerprint density at radius 3 is 2.75 bits per heavy atom. The monoisotopic (exact) mass is 438 g/mol. The Kier molecular flexibility index (Phi) is 8.71. The molecule has 8 heteroatoms. The van der Waals surface area contributed by atoms with Crippen molar-refractivity contribution in [1.82, 2.24) is 20.2 Å². The highest BCUT2D eigenvalue weighted by molar-refractivity contribution is 5.87. The van der Waals surface area contributed by atoms with Crippen molar-refractivity contribution < 1.29 is 19.1 Å². The SMILES string of the molecule is CCOC(=O)[C@H](CNC(=O)CN1CCC[C@@H](CCc2ccncc2)C1=O)c1cccnc1. The maximum absolute atomic E-state index is 12.9. The predicted octanol–water partition coefficient (Wildman–Crippen LogP) is 2.11. The van der Waals surface area contributed by atoms with Gasteiger partial charge in [-0.15, -0.1) is 0 Å². The molecule has 0 spiro atoms. The molecule has 2 aromatic rings. The van der Waals surface area contributed by atoms with E-state index in [1.165, 1.54) is 0 Å². The molecule has 8 nitrogen and oxygen atoms in total. The van der Waals surface area contributed by atoms with Crippen molar-refractivity contribution in [2.45, 2.75) is 38.5 Å². The van der Waals surface area contributed by atoms with Gasteiger partial charge in [-0.05, 0) is 61.9 Å². The number of likely N-dealkylation sites (tertiary alicyclic amines) is 1. The lowest BCUT2D eigenvalue weighted by atomic mass is 9.91. The summed E-state index contributed by atoms with van der Waals surface area (Å²) in [7, 11) is 0. The van der Waals surface area contributed by atoms with E-state index in [0.717, 1.165) is 31.2 Å². The molecule has 32 heavy (non-hydrogen) atoms. The maximum Gasteiger partial charge on any atom is 0.315 e. The van der Waals surface area contributed by atoms with E-state index in [0.29, 0.717) is 12.1 Å². The fourth-order valence-electron chi connectivity index (χ4n) is 3.94. The van der Waals surface area contributed by atoms with Crippen LogP contribution < -0.4 is 5.32 Å². The lowest BCUT2D eigenvalue weighted by Gasteiger charge is -2.32. The normalized spacial score (nSPS) is 17.0. The standard InChI is InChI=1S/C24H30N4O4/c1-2-32-24(31)21(20-5-3-11-26-15-20)16-27-22(29)17-28-14-4-6-19(23(28)30)8-7-18-9-12-25-13-10-18/h3,5,9-13,15,19,21H,2,4,6-8,14,16-17H2,1H3,(H,27,29)/t19-,21+/m0/s1. The van der Waals surface area contributed by atoms with Crippen LogP contribution >= 0.6 is 0 Å². The first-order chi connectivity index (χ1) is 15.6. The Morgan fingerprint density at radius 1 is 1.22 bits per heavy atom. The molecule has 2 atom stereocenters. The van der Waals surface area contributed by atoms with Gasteiger partial charge in [0.05, 0.1) is 13.2 Å². The molecule has 0 unspecified atom stereocenters. The van der Waals surface area contributed by atoms with Crippen molar-refractivity contribution in [3.05, 3.63) is 60.2 Å². The van der Waals surface area contributed by atoms with Gasteiger partial charge in [0.25, 0.3) is 0 Å². The van der Waals surface area contributed by atoms with Crippen LogP contribution in [0.15, 0.2) is 49.1 Å². The number of nitrogens with zero attached hydrogens (tertiary/aromatic N) is 3. The number of ether oxygens (including phenoxy) is 1. The Labute approximate surface area is 188 Å². The predicted molar refractivity (Wildman–Crippen MR) is 118 cm³/mol. The maximum atomic E-state index is 12.9. The van der Waals surface area contributed by atoms with E-state index in [9.17, 15) is 14.4 Å². The molecule has 1 saturated heterocycles. The Balaban J connectivity index is 1.52. The van der Waals surface area contributed by atoms with Crippen molar-refractivity contribution in [2.75, 3.05) is 26.2 Å². The van der Waals surface area contributed by atoms with E-state index in [4.69, 9.17) is 4.74 Å². The van der Waals surface area contributed by atoms with Crippen LogP contribution in [0.5, 0.6) is 0 Å². The number of rotatable bonds is 10. The van der Waals surface area contributed by atoms with Crippen LogP contribution in [0.1, 0.15) is 43.2 Å². The van der Waals surface area contributed by atoms with Crippen LogP contribution in [0.3, 0.4) is 0 Å². The lowest BCUT2D eigenvalue weighted by Crippen LogP contribution is -2.47. The molecule has 170 valence electrons. The highest BCUT2D eigenvalue weighted by Crippen LogP contribution is 2.23. The topological polar surface area (TPSA) is 101 Å². The van der Waals surface area contributed by atoms with Gasteiger partial charge in [-0.1, -0.05) is 6.07 Å². The summed E-state index contributed by atoms with van der Waals surface area (Å²) in [6, 6.07) is 7.44. The van der Waals surface area contributed by atoms with Gasteiger partial charge >= 0.3 is 5.97 Å². The molecule has 1 fully saturated rings. The van der Waals surface area contributed by atoms with E-state index < -0.39 is 11.9 Å². The highest BCUT2D eigenvalue weighted by Gasteiger charge is 2.30. The second-order valence-corrected chi connectivity index (χ2v) is 7.89. The minimum atomic E-state index is -0.641. The van der Waals surface area contributed by atoms with Crippen molar-refractivity contribution >= 4 is 17.8 Å². The Bertz CT molecular complexity index is 891. The smallest absolute Gasteiger partial charge is 0.315 e. The highest BCUT2D eigenvalue weighted by atomic mass is 16.5.